The minimum atomic E-state index is -0.588. The van der Waals surface area contributed by atoms with E-state index in [2.05, 4.69) is 19.1 Å². The quantitative estimate of drug-likeness (QED) is 0.505. The smallest absolute Gasteiger partial charge is 0.218 e. The first-order chi connectivity index (χ1) is 10.3. The predicted molar refractivity (Wildman–Crippen MR) is 81.8 cm³/mol. The number of rotatable bonds is 8. The SMILES string of the molecule is CCCCCCCCO[C@H]1OC[C@H]2[C@@H](C1=O)[C@H]1C=C[C@@H]2C1. The van der Waals surface area contributed by atoms with Crippen LogP contribution in [0.5, 0.6) is 0 Å². The Labute approximate surface area is 128 Å². The fourth-order valence-electron chi connectivity index (χ4n) is 4.21. The summed E-state index contributed by atoms with van der Waals surface area (Å²) in [4.78, 5) is 12.5. The molecule has 0 radical (unpaired) electrons. The van der Waals surface area contributed by atoms with E-state index in [0.717, 1.165) is 12.8 Å². The Kier molecular flexibility index (Phi) is 5.12. The van der Waals surface area contributed by atoms with E-state index in [0.29, 0.717) is 31.0 Å². The summed E-state index contributed by atoms with van der Waals surface area (Å²) in [6.07, 6.45) is 12.5. The summed E-state index contributed by atoms with van der Waals surface area (Å²) < 4.78 is 11.4. The highest BCUT2D eigenvalue weighted by molar-refractivity contribution is 5.86. The van der Waals surface area contributed by atoms with Gasteiger partial charge in [-0.05, 0) is 30.6 Å². The molecular formula is C18H28O3. The van der Waals surface area contributed by atoms with Crippen LogP contribution in [0, 0.1) is 23.7 Å². The molecule has 2 fully saturated rings. The third-order valence-electron chi connectivity index (χ3n) is 5.39. The number of unbranched alkanes of at least 4 members (excludes halogenated alkanes) is 5. The molecule has 1 heterocycles. The largest absolute Gasteiger partial charge is 0.346 e. The van der Waals surface area contributed by atoms with E-state index in [-0.39, 0.29) is 11.7 Å². The lowest BCUT2D eigenvalue weighted by molar-refractivity contribution is -0.195. The zero-order valence-corrected chi connectivity index (χ0v) is 13.1. The summed E-state index contributed by atoms with van der Waals surface area (Å²) in [7, 11) is 0. The van der Waals surface area contributed by atoms with Gasteiger partial charge in [0.2, 0.25) is 6.29 Å². The number of ketones is 1. The van der Waals surface area contributed by atoms with Crippen LogP contribution in [0.15, 0.2) is 12.2 Å². The van der Waals surface area contributed by atoms with Crippen molar-refractivity contribution in [2.45, 2.75) is 58.2 Å². The zero-order valence-electron chi connectivity index (χ0n) is 13.1. The second-order valence-corrected chi connectivity index (χ2v) is 6.84. The molecule has 5 atom stereocenters. The first-order valence-electron chi connectivity index (χ1n) is 8.76. The molecule has 1 saturated carbocycles. The summed E-state index contributed by atoms with van der Waals surface area (Å²) >= 11 is 0. The molecule has 2 bridgehead atoms. The molecule has 0 unspecified atom stereocenters. The average molecular weight is 292 g/mol. The normalized spacial score (nSPS) is 37.2. The second-order valence-electron chi connectivity index (χ2n) is 6.84. The summed E-state index contributed by atoms with van der Waals surface area (Å²) in [5.74, 6) is 1.82. The van der Waals surface area contributed by atoms with Crippen molar-refractivity contribution < 1.29 is 14.3 Å². The van der Waals surface area contributed by atoms with Crippen LogP contribution in [0.1, 0.15) is 51.9 Å². The van der Waals surface area contributed by atoms with Crippen molar-refractivity contribution in [2.24, 2.45) is 23.7 Å². The van der Waals surface area contributed by atoms with E-state index in [4.69, 9.17) is 9.47 Å². The van der Waals surface area contributed by atoms with E-state index < -0.39 is 6.29 Å². The highest BCUT2D eigenvalue weighted by Crippen LogP contribution is 2.50. The number of hydrogen-bond donors (Lipinski definition) is 0. The third kappa shape index (κ3) is 3.24. The van der Waals surface area contributed by atoms with Gasteiger partial charge in [0.15, 0.2) is 5.78 Å². The van der Waals surface area contributed by atoms with Crippen LogP contribution in [0.4, 0.5) is 0 Å². The standard InChI is InChI=1S/C18H28O3/c1-2-3-4-5-6-7-10-20-18-17(19)16-14-9-8-13(11-14)15(16)12-21-18/h8-9,13-16,18H,2-7,10-12H2,1H3/t13-,14+,15-,16+,18+/m1/s1. The van der Waals surface area contributed by atoms with Crippen LogP contribution < -0.4 is 0 Å². The van der Waals surface area contributed by atoms with Crippen molar-refractivity contribution in [3.63, 3.8) is 0 Å². The van der Waals surface area contributed by atoms with Gasteiger partial charge in [-0.25, -0.2) is 0 Å². The number of Topliss-reactive ketones (excluding diaryl/α,β-unsaturated/α-hetero) is 1. The molecule has 0 spiro atoms. The molecule has 21 heavy (non-hydrogen) atoms. The van der Waals surface area contributed by atoms with E-state index >= 15 is 0 Å². The van der Waals surface area contributed by atoms with Crippen LogP contribution >= 0.6 is 0 Å². The maximum Gasteiger partial charge on any atom is 0.218 e. The maximum absolute atomic E-state index is 12.5. The number of allylic oxidation sites excluding steroid dienone is 2. The van der Waals surface area contributed by atoms with E-state index in [1.165, 1.54) is 32.1 Å². The van der Waals surface area contributed by atoms with E-state index in [9.17, 15) is 4.79 Å². The van der Waals surface area contributed by atoms with E-state index in [1.807, 2.05) is 0 Å². The van der Waals surface area contributed by atoms with Crippen LogP contribution in [0.3, 0.4) is 0 Å². The van der Waals surface area contributed by atoms with Crippen molar-refractivity contribution in [2.75, 3.05) is 13.2 Å². The number of carbonyl (C=O) groups is 1. The van der Waals surface area contributed by atoms with Crippen LogP contribution in [-0.2, 0) is 14.3 Å². The molecule has 0 aromatic carbocycles. The molecule has 3 heteroatoms. The average Bonchev–Trinajstić information content (AvgIpc) is 3.10. The molecule has 118 valence electrons. The van der Waals surface area contributed by atoms with Gasteiger partial charge < -0.3 is 9.47 Å². The maximum atomic E-state index is 12.5. The zero-order chi connectivity index (χ0) is 14.7. The van der Waals surface area contributed by atoms with Gasteiger partial charge in [-0.3, -0.25) is 4.79 Å². The van der Waals surface area contributed by atoms with Crippen LogP contribution in [0.2, 0.25) is 0 Å². The van der Waals surface area contributed by atoms with Gasteiger partial charge >= 0.3 is 0 Å². The van der Waals surface area contributed by atoms with Gasteiger partial charge in [-0.1, -0.05) is 51.2 Å². The molecule has 3 nitrogen and oxygen atoms in total. The lowest BCUT2D eigenvalue weighted by atomic mass is 9.79. The lowest BCUT2D eigenvalue weighted by Crippen LogP contribution is -2.45. The van der Waals surface area contributed by atoms with Crippen LogP contribution in [0.25, 0.3) is 0 Å². The summed E-state index contributed by atoms with van der Waals surface area (Å²) in [5.41, 5.74) is 0. The summed E-state index contributed by atoms with van der Waals surface area (Å²) in [6.45, 7) is 3.58. The molecule has 0 amide bonds. The van der Waals surface area contributed by atoms with Crippen molar-refractivity contribution in [3.05, 3.63) is 12.2 Å². The Balaban J connectivity index is 1.37. The number of carbonyl (C=O) groups excluding carboxylic acids is 1. The molecule has 2 aliphatic carbocycles. The Morgan fingerprint density at radius 1 is 1.14 bits per heavy atom. The van der Waals surface area contributed by atoms with Gasteiger partial charge in [0, 0.05) is 5.92 Å². The first-order valence-corrected chi connectivity index (χ1v) is 8.76. The Bertz CT molecular complexity index is 390. The van der Waals surface area contributed by atoms with Gasteiger partial charge in [0.1, 0.15) is 0 Å². The van der Waals surface area contributed by atoms with Crippen molar-refractivity contribution >= 4 is 5.78 Å². The number of hydrogen-bond acceptors (Lipinski definition) is 3. The van der Waals surface area contributed by atoms with Gasteiger partial charge in [0.05, 0.1) is 13.2 Å². The Morgan fingerprint density at radius 3 is 2.76 bits per heavy atom. The third-order valence-corrected chi connectivity index (χ3v) is 5.39. The molecule has 1 saturated heterocycles. The molecule has 0 aromatic heterocycles. The Hall–Kier alpha value is -0.670. The number of fused-ring (bicyclic) bond motifs is 5. The summed E-state index contributed by atoms with van der Waals surface area (Å²) in [5, 5.41) is 0. The van der Waals surface area contributed by atoms with Crippen molar-refractivity contribution in [3.8, 4) is 0 Å². The lowest BCUT2D eigenvalue weighted by Gasteiger charge is -2.35. The summed E-state index contributed by atoms with van der Waals surface area (Å²) in [6, 6.07) is 0. The van der Waals surface area contributed by atoms with Gasteiger partial charge in [-0.2, -0.15) is 0 Å². The first kappa shape index (κ1) is 15.2. The second kappa shape index (κ2) is 7.06. The fourth-order valence-corrected chi connectivity index (χ4v) is 4.21. The minimum Gasteiger partial charge on any atom is -0.346 e. The molecule has 0 aromatic rings. The van der Waals surface area contributed by atoms with Crippen LogP contribution in [-0.4, -0.2) is 25.3 Å². The highest BCUT2D eigenvalue weighted by Gasteiger charge is 2.52. The van der Waals surface area contributed by atoms with Crippen molar-refractivity contribution in [1.29, 1.82) is 0 Å². The molecule has 3 aliphatic rings. The molecule has 1 aliphatic heterocycles. The monoisotopic (exact) mass is 292 g/mol. The predicted octanol–water partition coefficient (Wildman–Crippen LogP) is 3.73. The van der Waals surface area contributed by atoms with E-state index in [1.54, 1.807) is 0 Å². The Morgan fingerprint density at radius 2 is 1.90 bits per heavy atom. The van der Waals surface area contributed by atoms with Gasteiger partial charge in [0.25, 0.3) is 0 Å². The molecule has 3 rings (SSSR count). The molecule has 0 N–H and O–H groups in total. The minimum absolute atomic E-state index is 0.170. The van der Waals surface area contributed by atoms with Crippen molar-refractivity contribution in [1.82, 2.24) is 0 Å². The highest BCUT2D eigenvalue weighted by atomic mass is 16.7. The fraction of sp³-hybridized carbons (Fsp3) is 0.833. The van der Waals surface area contributed by atoms with Gasteiger partial charge in [-0.15, -0.1) is 0 Å². The number of ether oxygens (including phenoxy) is 2. The topological polar surface area (TPSA) is 35.5 Å². The molecular weight excluding hydrogens is 264 g/mol.